The van der Waals surface area contributed by atoms with Gasteiger partial charge in [-0.25, -0.2) is 13.1 Å². The quantitative estimate of drug-likeness (QED) is 0.636. The van der Waals surface area contributed by atoms with E-state index in [1.165, 1.54) is 6.20 Å². The Kier molecular flexibility index (Phi) is 3.93. The second kappa shape index (κ2) is 5.01. The topological polar surface area (TPSA) is 101 Å². The minimum atomic E-state index is -3.65. The average Bonchev–Trinajstić information content (AvgIpc) is 2.64. The zero-order valence-electron chi connectivity index (χ0n) is 8.90. The van der Waals surface area contributed by atoms with Gasteiger partial charge in [-0.05, 0) is 6.42 Å². The molecule has 1 aromatic heterocycles. The number of nitrogens with zero attached hydrogens (tertiary/aromatic N) is 1. The highest BCUT2D eigenvalue weighted by Crippen LogP contribution is 2.15. The van der Waals surface area contributed by atoms with Gasteiger partial charge in [0.2, 0.25) is 10.0 Å². The smallest absolute Gasteiger partial charge is 0.246 e. The molecular weight excluding hydrogens is 228 g/mol. The molecule has 0 aliphatic heterocycles. The van der Waals surface area contributed by atoms with E-state index >= 15 is 0 Å². The van der Waals surface area contributed by atoms with E-state index in [1.807, 2.05) is 6.92 Å². The van der Waals surface area contributed by atoms with Gasteiger partial charge in [-0.2, -0.15) is 5.10 Å². The largest absolute Gasteiger partial charge is 0.383 e. The van der Waals surface area contributed by atoms with Crippen molar-refractivity contribution < 1.29 is 8.42 Å². The summed E-state index contributed by atoms with van der Waals surface area (Å²) in [5, 5.41) is 5.92. The molecule has 16 heavy (non-hydrogen) atoms. The van der Waals surface area contributed by atoms with Crippen LogP contribution in [-0.4, -0.2) is 24.7 Å². The molecule has 0 amide bonds. The van der Waals surface area contributed by atoms with Crippen molar-refractivity contribution in [2.75, 3.05) is 5.73 Å². The zero-order chi connectivity index (χ0) is 12.2. The standard InChI is InChI=1S/C9H14N4O2S/c1-3-5-7(4-2)13-16(14,15)8-6-11-12-9(8)10/h1,6-7,13H,4-5H2,2H3,(H3,10,11,12). The highest BCUT2D eigenvalue weighted by atomic mass is 32.2. The minimum Gasteiger partial charge on any atom is -0.383 e. The van der Waals surface area contributed by atoms with Gasteiger partial charge in [0.15, 0.2) is 0 Å². The van der Waals surface area contributed by atoms with Gasteiger partial charge in [-0.1, -0.05) is 6.92 Å². The van der Waals surface area contributed by atoms with Gasteiger partial charge in [0.05, 0.1) is 6.20 Å². The number of hydrogen-bond donors (Lipinski definition) is 3. The van der Waals surface area contributed by atoms with Gasteiger partial charge in [0.1, 0.15) is 10.7 Å². The lowest BCUT2D eigenvalue weighted by Gasteiger charge is -2.13. The van der Waals surface area contributed by atoms with Crippen LogP contribution in [0.4, 0.5) is 5.82 Å². The number of nitrogens with two attached hydrogens (primary N) is 1. The Hall–Kier alpha value is -1.52. The molecule has 1 aromatic rings. The molecule has 0 aromatic carbocycles. The Morgan fingerprint density at radius 3 is 2.88 bits per heavy atom. The van der Waals surface area contributed by atoms with Crippen LogP contribution in [0.25, 0.3) is 0 Å². The van der Waals surface area contributed by atoms with Crippen molar-refractivity contribution in [3.05, 3.63) is 6.20 Å². The Morgan fingerprint density at radius 1 is 1.75 bits per heavy atom. The molecule has 1 rings (SSSR count). The molecule has 0 bridgehead atoms. The maximum absolute atomic E-state index is 11.8. The zero-order valence-corrected chi connectivity index (χ0v) is 9.71. The van der Waals surface area contributed by atoms with Crippen LogP contribution in [0.3, 0.4) is 0 Å². The molecule has 0 spiro atoms. The lowest BCUT2D eigenvalue weighted by Crippen LogP contribution is -2.34. The lowest BCUT2D eigenvalue weighted by atomic mass is 10.2. The van der Waals surface area contributed by atoms with Crippen molar-refractivity contribution >= 4 is 15.8 Å². The Morgan fingerprint density at radius 2 is 2.44 bits per heavy atom. The predicted molar refractivity (Wildman–Crippen MR) is 60.9 cm³/mol. The minimum absolute atomic E-state index is 0.0167. The van der Waals surface area contributed by atoms with Gasteiger partial charge in [0.25, 0.3) is 0 Å². The van der Waals surface area contributed by atoms with Crippen LogP contribution in [0, 0.1) is 12.3 Å². The summed E-state index contributed by atoms with van der Waals surface area (Å²) >= 11 is 0. The predicted octanol–water partition coefficient (Wildman–Crippen LogP) is 0.0721. The number of H-pyrrole nitrogens is 1. The molecule has 0 radical (unpaired) electrons. The first-order valence-electron chi connectivity index (χ1n) is 4.76. The SMILES string of the molecule is C#CCC(CC)NS(=O)(=O)c1cn[nH]c1N. The fraction of sp³-hybridized carbons (Fsp3) is 0.444. The molecule has 0 saturated heterocycles. The molecule has 6 nitrogen and oxygen atoms in total. The molecule has 7 heteroatoms. The third kappa shape index (κ3) is 2.74. The van der Waals surface area contributed by atoms with E-state index in [0.29, 0.717) is 12.8 Å². The Balaban J connectivity index is 2.88. The third-order valence-electron chi connectivity index (χ3n) is 2.10. The maximum Gasteiger partial charge on any atom is 0.246 e. The van der Waals surface area contributed by atoms with Gasteiger partial charge in [0, 0.05) is 12.5 Å². The molecule has 0 aliphatic carbocycles. The van der Waals surface area contributed by atoms with Gasteiger partial charge < -0.3 is 5.73 Å². The summed E-state index contributed by atoms with van der Waals surface area (Å²) in [6.07, 6.45) is 7.26. The first kappa shape index (κ1) is 12.5. The first-order valence-corrected chi connectivity index (χ1v) is 6.24. The number of aromatic nitrogens is 2. The number of hydrogen-bond acceptors (Lipinski definition) is 4. The van der Waals surface area contributed by atoms with Gasteiger partial charge >= 0.3 is 0 Å². The monoisotopic (exact) mass is 242 g/mol. The van der Waals surface area contributed by atoms with Crippen molar-refractivity contribution in [1.29, 1.82) is 0 Å². The Bertz CT molecular complexity index is 486. The summed E-state index contributed by atoms with van der Waals surface area (Å²) in [5.41, 5.74) is 5.44. The summed E-state index contributed by atoms with van der Waals surface area (Å²) in [6.45, 7) is 1.85. The van der Waals surface area contributed by atoms with Crippen molar-refractivity contribution in [3.8, 4) is 12.3 Å². The second-order valence-corrected chi connectivity index (χ2v) is 4.97. The maximum atomic E-state index is 11.8. The van der Waals surface area contributed by atoms with Crippen molar-refractivity contribution in [2.45, 2.75) is 30.7 Å². The van der Waals surface area contributed by atoms with Crippen LogP contribution in [0.5, 0.6) is 0 Å². The number of nitrogen functional groups attached to an aromatic ring is 1. The molecular formula is C9H14N4O2S. The molecule has 1 atom stereocenters. The van der Waals surface area contributed by atoms with E-state index in [4.69, 9.17) is 12.2 Å². The summed E-state index contributed by atoms with van der Waals surface area (Å²) in [4.78, 5) is -0.0528. The summed E-state index contributed by atoms with van der Waals surface area (Å²) in [6, 6.07) is -0.288. The number of rotatable bonds is 5. The van der Waals surface area contributed by atoms with Crippen LogP contribution in [0.2, 0.25) is 0 Å². The van der Waals surface area contributed by atoms with Crippen LogP contribution in [-0.2, 0) is 10.0 Å². The van der Waals surface area contributed by atoms with Crippen molar-refractivity contribution in [3.63, 3.8) is 0 Å². The van der Waals surface area contributed by atoms with Crippen molar-refractivity contribution in [2.24, 2.45) is 0 Å². The van der Waals surface area contributed by atoms with E-state index in [2.05, 4.69) is 20.8 Å². The molecule has 0 saturated carbocycles. The van der Waals surface area contributed by atoms with Gasteiger partial charge in [-0.3, -0.25) is 5.10 Å². The van der Waals surface area contributed by atoms with E-state index < -0.39 is 10.0 Å². The Labute approximate surface area is 94.7 Å². The fourth-order valence-electron chi connectivity index (χ4n) is 1.19. The second-order valence-electron chi connectivity index (χ2n) is 3.28. The van der Waals surface area contributed by atoms with E-state index in [-0.39, 0.29) is 16.8 Å². The van der Waals surface area contributed by atoms with E-state index in [0.717, 1.165) is 0 Å². The van der Waals surface area contributed by atoms with E-state index in [9.17, 15) is 8.42 Å². The fourth-order valence-corrected chi connectivity index (χ4v) is 2.54. The summed E-state index contributed by atoms with van der Waals surface area (Å²) in [5.74, 6) is 2.44. The molecule has 1 heterocycles. The first-order chi connectivity index (χ1) is 7.51. The van der Waals surface area contributed by atoms with Crippen molar-refractivity contribution in [1.82, 2.24) is 14.9 Å². The molecule has 0 aliphatic rings. The normalized spacial score (nSPS) is 13.2. The lowest BCUT2D eigenvalue weighted by molar-refractivity contribution is 0.544. The number of anilines is 1. The molecule has 4 N–H and O–H groups in total. The highest BCUT2D eigenvalue weighted by molar-refractivity contribution is 7.89. The van der Waals surface area contributed by atoms with Crippen LogP contribution in [0.15, 0.2) is 11.1 Å². The third-order valence-corrected chi connectivity index (χ3v) is 3.65. The number of nitrogens with one attached hydrogen (secondary N) is 2. The molecule has 88 valence electrons. The van der Waals surface area contributed by atoms with E-state index in [1.54, 1.807) is 0 Å². The number of aromatic amines is 1. The van der Waals surface area contributed by atoms with Crippen LogP contribution < -0.4 is 10.5 Å². The highest BCUT2D eigenvalue weighted by Gasteiger charge is 2.22. The molecule has 1 unspecified atom stereocenters. The average molecular weight is 242 g/mol. The van der Waals surface area contributed by atoms with Crippen LogP contribution in [0.1, 0.15) is 19.8 Å². The van der Waals surface area contributed by atoms with Crippen LogP contribution >= 0.6 is 0 Å². The summed E-state index contributed by atoms with van der Waals surface area (Å²) in [7, 11) is -3.65. The number of sulfonamides is 1. The molecule has 0 fully saturated rings. The number of terminal acetylenes is 1. The van der Waals surface area contributed by atoms with Gasteiger partial charge in [-0.15, -0.1) is 12.3 Å². The summed E-state index contributed by atoms with van der Waals surface area (Å²) < 4.78 is 26.2.